The van der Waals surface area contributed by atoms with Crippen LogP contribution in [0.2, 0.25) is 0 Å². The second kappa shape index (κ2) is 4.62. The molecule has 0 saturated heterocycles. The smallest absolute Gasteiger partial charge is 0.239 e. The molecule has 5 nitrogen and oxygen atoms in total. The highest BCUT2D eigenvalue weighted by Crippen LogP contribution is 2.37. The summed E-state index contributed by atoms with van der Waals surface area (Å²) in [6.07, 6.45) is 2.29. The molecule has 2 aromatic rings. The maximum atomic E-state index is 12.3. The van der Waals surface area contributed by atoms with E-state index < -0.39 is 0 Å². The summed E-state index contributed by atoms with van der Waals surface area (Å²) in [5.74, 6) is 0.526. The predicted molar refractivity (Wildman–Crippen MR) is 76.0 cm³/mol. The van der Waals surface area contributed by atoms with Gasteiger partial charge in [0.15, 0.2) is 5.82 Å². The van der Waals surface area contributed by atoms with E-state index in [9.17, 15) is 4.79 Å². The van der Waals surface area contributed by atoms with E-state index in [-0.39, 0.29) is 11.2 Å². The van der Waals surface area contributed by atoms with E-state index in [0.717, 1.165) is 6.42 Å². The normalized spacial score (nSPS) is 17.2. The summed E-state index contributed by atoms with van der Waals surface area (Å²) in [5.41, 5.74) is 7.48. The van der Waals surface area contributed by atoms with Gasteiger partial charge in [-0.15, -0.1) is 11.8 Å². The molecule has 1 amide bonds. The lowest BCUT2D eigenvalue weighted by molar-refractivity contribution is -0.115. The highest BCUT2D eigenvalue weighted by Gasteiger charge is 2.28. The fraction of sp³-hybridized carbons (Fsp3) is 0.231. The second-order valence-corrected chi connectivity index (χ2v) is 5.72. The molecule has 19 heavy (non-hydrogen) atoms. The number of hydrogen-bond acceptors (Lipinski definition) is 4. The van der Waals surface area contributed by atoms with Gasteiger partial charge < -0.3 is 11.1 Å². The van der Waals surface area contributed by atoms with Crippen LogP contribution in [-0.2, 0) is 18.3 Å². The minimum absolute atomic E-state index is 0.0310. The molecule has 0 spiro atoms. The number of amides is 1. The van der Waals surface area contributed by atoms with E-state index in [4.69, 9.17) is 5.73 Å². The van der Waals surface area contributed by atoms with Gasteiger partial charge in [-0.25, -0.2) is 0 Å². The number of fused-ring (bicyclic) bond motifs is 1. The van der Waals surface area contributed by atoms with E-state index in [0.29, 0.717) is 11.5 Å². The van der Waals surface area contributed by atoms with Crippen molar-refractivity contribution in [3.05, 3.63) is 36.0 Å². The number of carbonyl (C=O) groups excluding carboxylic acids is 1. The Morgan fingerprint density at radius 1 is 1.53 bits per heavy atom. The van der Waals surface area contributed by atoms with Crippen molar-refractivity contribution in [2.45, 2.75) is 16.6 Å². The number of nitrogens with zero attached hydrogens (tertiary/aromatic N) is 2. The van der Waals surface area contributed by atoms with Gasteiger partial charge in [0.1, 0.15) is 0 Å². The maximum absolute atomic E-state index is 12.3. The average Bonchev–Trinajstić information content (AvgIpc) is 2.97. The molecule has 1 aliphatic heterocycles. The number of carbonyl (C=O) groups is 1. The third-order valence-electron chi connectivity index (χ3n) is 3.15. The first-order valence-electron chi connectivity index (χ1n) is 5.98. The van der Waals surface area contributed by atoms with Gasteiger partial charge in [-0.1, -0.05) is 18.2 Å². The van der Waals surface area contributed by atoms with Gasteiger partial charge in [0.25, 0.3) is 0 Å². The van der Waals surface area contributed by atoms with Crippen molar-refractivity contribution in [1.82, 2.24) is 9.78 Å². The molecule has 1 atom stereocenters. The number of anilines is 2. The Labute approximate surface area is 115 Å². The number of benzene rings is 1. The van der Waals surface area contributed by atoms with Gasteiger partial charge in [-0.2, -0.15) is 5.10 Å². The van der Waals surface area contributed by atoms with Crippen molar-refractivity contribution >= 4 is 29.2 Å². The van der Waals surface area contributed by atoms with Crippen LogP contribution in [0.25, 0.3) is 0 Å². The van der Waals surface area contributed by atoms with Crippen LogP contribution in [0, 0.1) is 0 Å². The van der Waals surface area contributed by atoms with Crippen LogP contribution in [0.5, 0.6) is 0 Å². The highest BCUT2D eigenvalue weighted by atomic mass is 32.2. The lowest BCUT2D eigenvalue weighted by Crippen LogP contribution is -2.26. The quantitative estimate of drug-likeness (QED) is 0.873. The van der Waals surface area contributed by atoms with Crippen LogP contribution < -0.4 is 11.1 Å². The van der Waals surface area contributed by atoms with Gasteiger partial charge in [-0.05, 0) is 18.1 Å². The number of aryl methyl sites for hydroxylation is 1. The first-order chi connectivity index (χ1) is 9.15. The summed E-state index contributed by atoms with van der Waals surface area (Å²) < 4.78 is 1.57. The number of nitrogens with one attached hydrogen (secondary N) is 1. The van der Waals surface area contributed by atoms with Gasteiger partial charge in [0.2, 0.25) is 5.91 Å². The van der Waals surface area contributed by atoms with E-state index in [1.165, 1.54) is 16.7 Å². The minimum atomic E-state index is -0.105. The Morgan fingerprint density at radius 3 is 3.00 bits per heavy atom. The van der Waals surface area contributed by atoms with Crippen LogP contribution in [0.3, 0.4) is 0 Å². The summed E-state index contributed by atoms with van der Waals surface area (Å²) >= 11 is 1.60. The van der Waals surface area contributed by atoms with Gasteiger partial charge in [0, 0.05) is 11.9 Å². The fourth-order valence-electron chi connectivity index (χ4n) is 2.13. The first-order valence-corrected chi connectivity index (χ1v) is 6.86. The SMILES string of the molecule is Cn1ncc(N)c1NC(=O)C1Cc2ccccc2S1. The molecule has 0 radical (unpaired) electrons. The topological polar surface area (TPSA) is 72.9 Å². The Balaban J connectivity index is 1.74. The lowest BCUT2D eigenvalue weighted by atomic mass is 10.1. The summed E-state index contributed by atoms with van der Waals surface area (Å²) in [6, 6.07) is 8.10. The van der Waals surface area contributed by atoms with E-state index in [1.807, 2.05) is 18.2 Å². The van der Waals surface area contributed by atoms with E-state index in [2.05, 4.69) is 16.5 Å². The molecular weight excluding hydrogens is 260 g/mol. The highest BCUT2D eigenvalue weighted by molar-refractivity contribution is 8.01. The van der Waals surface area contributed by atoms with Crippen molar-refractivity contribution in [1.29, 1.82) is 0 Å². The summed E-state index contributed by atoms with van der Waals surface area (Å²) in [4.78, 5) is 13.4. The minimum Gasteiger partial charge on any atom is -0.394 e. The molecule has 0 aliphatic carbocycles. The van der Waals surface area contributed by atoms with Crippen LogP contribution >= 0.6 is 11.8 Å². The van der Waals surface area contributed by atoms with Gasteiger partial charge in [0.05, 0.1) is 17.1 Å². The van der Waals surface area contributed by atoms with Crippen molar-refractivity contribution in [3.8, 4) is 0 Å². The largest absolute Gasteiger partial charge is 0.394 e. The van der Waals surface area contributed by atoms with Crippen LogP contribution in [0.15, 0.2) is 35.4 Å². The van der Waals surface area contributed by atoms with Crippen molar-refractivity contribution < 1.29 is 4.79 Å². The number of nitrogen functional groups attached to an aromatic ring is 1. The lowest BCUT2D eigenvalue weighted by Gasteiger charge is -2.10. The fourth-order valence-corrected chi connectivity index (χ4v) is 3.33. The van der Waals surface area contributed by atoms with Crippen LogP contribution in [0.1, 0.15) is 5.56 Å². The number of aromatic nitrogens is 2. The molecule has 0 bridgehead atoms. The van der Waals surface area contributed by atoms with Gasteiger partial charge in [-0.3, -0.25) is 9.48 Å². The predicted octanol–water partition coefficient (Wildman–Crippen LogP) is 1.66. The summed E-state index contributed by atoms with van der Waals surface area (Å²) in [5, 5.41) is 6.75. The molecule has 1 unspecified atom stereocenters. The maximum Gasteiger partial charge on any atom is 0.239 e. The average molecular weight is 274 g/mol. The van der Waals surface area contributed by atoms with E-state index >= 15 is 0 Å². The molecule has 0 fully saturated rings. The Bertz CT molecular complexity index is 593. The molecular formula is C13H14N4OS. The molecule has 6 heteroatoms. The summed E-state index contributed by atoms with van der Waals surface area (Å²) in [7, 11) is 1.75. The van der Waals surface area contributed by atoms with Crippen molar-refractivity contribution in [2.24, 2.45) is 7.05 Å². The molecule has 1 aromatic carbocycles. The Hall–Kier alpha value is -1.95. The Morgan fingerprint density at radius 2 is 2.32 bits per heavy atom. The summed E-state index contributed by atoms with van der Waals surface area (Å²) in [6.45, 7) is 0. The Kier molecular flexibility index (Phi) is 2.94. The van der Waals surface area contributed by atoms with Crippen LogP contribution in [-0.4, -0.2) is 20.9 Å². The molecule has 3 rings (SSSR count). The number of nitrogens with two attached hydrogens (primary N) is 1. The number of rotatable bonds is 2. The zero-order valence-electron chi connectivity index (χ0n) is 10.5. The third kappa shape index (κ3) is 2.19. The second-order valence-electron chi connectivity index (χ2n) is 4.48. The molecule has 2 heterocycles. The van der Waals surface area contributed by atoms with Crippen LogP contribution in [0.4, 0.5) is 11.5 Å². The third-order valence-corrected chi connectivity index (χ3v) is 4.47. The standard InChI is InChI=1S/C13H14N4OS/c1-17-12(9(14)7-15-17)16-13(18)11-6-8-4-2-3-5-10(8)19-11/h2-5,7,11H,6,14H2,1H3,(H,16,18). The number of hydrogen-bond donors (Lipinski definition) is 2. The zero-order valence-corrected chi connectivity index (χ0v) is 11.3. The molecule has 98 valence electrons. The molecule has 1 aromatic heterocycles. The van der Waals surface area contributed by atoms with E-state index in [1.54, 1.807) is 23.5 Å². The first kappa shape index (κ1) is 12.1. The monoisotopic (exact) mass is 274 g/mol. The number of thioether (sulfide) groups is 1. The van der Waals surface area contributed by atoms with Gasteiger partial charge >= 0.3 is 0 Å². The molecule has 3 N–H and O–H groups in total. The molecule has 1 aliphatic rings. The zero-order chi connectivity index (χ0) is 13.4. The van der Waals surface area contributed by atoms with Crippen molar-refractivity contribution in [3.63, 3.8) is 0 Å². The van der Waals surface area contributed by atoms with Crippen molar-refractivity contribution in [2.75, 3.05) is 11.1 Å². The molecule has 0 saturated carbocycles.